The average molecular weight is 351 g/mol. The van der Waals surface area contributed by atoms with Gasteiger partial charge in [-0.2, -0.15) is 0 Å². The van der Waals surface area contributed by atoms with Gasteiger partial charge in [0.05, 0.1) is 6.54 Å². The molecule has 0 radical (unpaired) electrons. The molecule has 2 aromatic rings. The molecule has 5 heteroatoms. The molecule has 1 heterocycles. The Labute approximate surface area is 154 Å². The van der Waals surface area contributed by atoms with Crippen molar-refractivity contribution in [1.82, 2.24) is 4.90 Å². The number of nitrogens with zero attached hydrogens (tertiary/aromatic N) is 2. The van der Waals surface area contributed by atoms with Gasteiger partial charge in [0.1, 0.15) is 0 Å². The SMILES string of the molecule is CC(c1ccccc1)N(C)CC(=O)Nc1ccc(N2CCCC2=O)cc1. The van der Waals surface area contributed by atoms with Gasteiger partial charge in [-0.15, -0.1) is 0 Å². The van der Waals surface area contributed by atoms with Crippen molar-refractivity contribution in [2.24, 2.45) is 0 Å². The third-order valence-corrected chi connectivity index (χ3v) is 4.87. The molecular weight excluding hydrogens is 326 g/mol. The summed E-state index contributed by atoms with van der Waals surface area (Å²) in [5, 5.41) is 2.92. The fourth-order valence-corrected chi connectivity index (χ4v) is 3.20. The number of hydrogen-bond acceptors (Lipinski definition) is 3. The Bertz CT molecular complexity index is 759. The maximum absolute atomic E-state index is 12.3. The molecule has 3 rings (SSSR count). The van der Waals surface area contributed by atoms with Gasteiger partial charge in [0.25, 0.3) is 0 Å². The van der Waals surface area contributed by atoms with E-state index in [9.17, 15) is 9.59 Å². The summed E-state index contributed by atoms with van der Waals surface area (Å²) in [6.07, 6.45) is 1.52. The number of carbonyl (C=O) groups is 2. The van der Waals surface area contributed by atoms with E-state index >= 15 is 0 Å². The van der Waals surface area contributed by atoms with Crippen molar-refractivity contribution in [2.45, 2.75) is 25.8 Å². The van der Waals surface area contributed by atoms with Gasteiger partial charge in [-0.05, 0) is 50.2 Å². The molecule has 1 N–H and O–H groups in total. The summed E-state index contributed by atoms with van der Waals surface area (Å²) >= 11 is 0. The second kappa shape index (κ2) is 8.15. The molecule has 5 nitrogen and oxygen atoms in total. The van der Waals surface area contributed by atoms with E-state index in [1.165, 1.54) is 5.56 Å². The van der Waals surface area contributed by atoms with Crippen molar-refractivity contribution in [2.75, 3.05) is 30.4 Å². The molecule has 26 heavy (non-hydrogen) atoms. The summed E-state index contributed by atoms with van der Waals surface area (Å²) in [6.45, 7) is 3.17. The molecule has 0 bridgehead atoms. The number of hydrogen-bond donors (Lipinski definition) is 1. The molecule has 1 aliphatic heterocycles. The number of rotatable bonds is 6. The third kappa shape index (κ3) is 4.29. The van der Waals surface area contributed by atoms with Crippen LogP contribution in [0, 0.1) is 0 Å². The number of benzene rings is 2. The van der Waals surface area contributed by atoms with Gasteiger partial charge in [0.2, 0.25) is 11.8 Å². The van der Waals surface area contributed by atoms with Crippen molar-refractivity contribution in [3.05, 3.63) is 60.2 Å². The van der Waals surface area contributed by atoms with Gasteiger partial charge >= 0.3 is 0 Å². The normalized spacial score (nSPS) is 15.3. The van der Waals surface area contributed by atoms with Crippen LogP contribution < -0.4 is 10.2 Å². The molecule has 1 fully saturated rings. The molecule has 0 aromatic heterocycles. The summed E-state index contributed by atoms with van der Waals surface area (Å²) in [5.74, 6) is 0.110. The van der Waals surface area contributed by atoms with E-state index in [2.05, 4.69) is 24.4 Å². The molecule has 0 spiro atoms. The first-order valence-corrected chi connectivity index (χ1v) is 9.00. The molecule has 136 valence electrons. The average Bonchev–Trinajstić information content (AvgIpc) is 3.08. The number of anilines is 2. The molecule has 0 aliphatic carbocycles. The van der Waals surface area contributed by atoms with Gasteiger partial charge in [-0.25, -0.2) is 0 Å². The van der Waals surface area contributed by atoms with E-state index in [-0.39, 0.29) is 17.9 Å². The van der Waals surface area contributed by atoms with Gasteiger partial charge in [0.15, 0.2) is 0 Å². The van der Waals surface area contributed by atoms with Crippen LogP contribution in [0.2, 0.25) is 0 Å². The summed E-state index contributed by atoms with van der Waals surface area (Å²) < 4.78 is 0. The summed E-state index contributed by atoms with van der Waals surface area (Å²) in [6, 6.07) is 17.8. The van der Waals surface area contributed by atoms with Crippen molar-refractivity contribution in [3.63, 3.8) is 0 Å². The standard InChI is InChI=1S/C21H25N3O2/c1-16(17-7-4-3-5-8-17)23(2)15-20(25)22-18-10-12-19(13-11-18)24-14-6-9-21(24)26/h3-5,7-8,10-13,16H,6,9,14-15H2,1-2H3,(H,22,25). The van der Waals surface area contributed by atoms with Crippen LogP contribution in [0.15, 0.2) is 54.6 Å². The molecular formula is C21H25N3O2. The molecule has 2 aromatic carbocycles. The number of carbonyl (C=O) groups excluding carboxylic acids is 2. The van der Waals surface area contributed by atoms with Crippen LogP contribution in [0.3, 0.4) is 0 Å². The lowest BCUT2D eigenvalue weighted by atomic mass is 10.1. The van der Waals surface area contributed by atoms with Gasteiger partial charge in [-0.1, -0.05) is 30.3 Å². The lowest BCUT2D eigenvalue weighted by Gasteiger charge is -2.24. The maximum atomic E-state index is 12.3. The zero-order valence-corrected chi connectivity index (χ0v) is 15.3. The topological polar surface area (TPSA) is 52.7 Å². The van der Waals surface area contributed by atoms with Gasteiger partial charge in [-0.3, -0.25) is 14.5 Å². The third-order valence-electron chi connectivity index (χ3n) is 4.87. The first kappa shape index (κ1) is 18.1. The lowest BCUT2D eigenvalue weighted by Crippen LogP contribution is -2.32. The zero-order valence-electron chi connectivity index (χ0n) is 15.3. The van der Waals surface area contributed by atoms with Crippen molar-refractivity contribution >= 4 is 23.2 Å². The number of likely N-dealkylation sites (N-methyl/N-ethyl adjacent to an activating group) is 1. The van der Waals surface area contributed by atoms with Crippen LogP contribution in [0.4, 0.5) is 11.4 Å². The second-order valence-electron chi connectivity index (χ2n) is 6.75. The van der Waals surface area contributed by atoms with E-state index in [1.54, 1.807) is 4.90 Å². The van der Waals surface area contributed by atoms with Crippen LogP contribution in [-0.2, 0) is 9.59 Å². The minimum absolute atomic E-state index is 0.0553. The summed E-state index contributed by atoms with van der Waals surface area (Å²) in [7, 11) is 1.94. The number of amides is 2. The minimum atomic E-state index is -0.0553. The smallest absolute Gasteiger partial charge is 0.238 e. The Balaban J connectivity index is 1.55. The predicted molar refractivity (Wildman–Crippen MR) is 104 cm³/mol. The second-order valence-corrected chi connectivity index (χ2v) is 6.75. The van der Waals surface area contributed by atoms with Crippen molar-refractivity contribution < 1.29 is 9.59 Å². The first-order chi connectivity index (χ1) is 12.5. The lowest BCUT2D eigenvalue weighted by molar-refractivity contribution is -0.118. The van der Waals surface area contributed by atoms with E-state index < -0.39 is 0 Å². The van der Waals surface area contributed by atoms with E-state index in [0.29, 0.717) is 13.0 Å². The highest BCUT2D eigenvalue weighted by Crippen LogP contribution is 2.23. The highest BCUT2D eigenvalue weighted by atomic mass is 16.2. The quantitative estimate of drug-likeness (QED) is 0.867. The Morgan fingerprint density at radius 1 is 1.15 bits per heavy atom. The maximum Gasteiger partial charge on any atom is 0.238 e. The van der Waals surface area contributed by atoms with Crippen molar-refractivity contribution in [3.8, 4) is 0 Å². The van der Waals surface area contributed by atoms with Gasteiger partial charge < -0.3 is 10.2 Å². The van der Waals surface area contributed by atoms with E-state index in [1.807, 2.05) is 54.4 Å². The molecule has 1 unspecified atom stereocenters. The molecule has 0 saturated carbocycles. The fraction of sp³-hybridized carbons (Fsp3) is 0.333. The Kier molecular flexibility index (Phi) is 5.68. The molecule has 2 amide bonds. The van der Waals surface area contributed by atoms with Gasteiger partial charge in [0, 0.05) is 30.4 Å². The highest BCUT2D eigenvalue weighted by molar-refractivity contribution is 5.96. The Morgan fingerprint density at radius 2 is 1.85 bits per heavy atom. The largest absolute Gasteiger partial charge is 0.325 e. The van der Waals surface area contributed by atoms with Crippen LogP contribution in [0.25, 0.3) is 0 Å². The predicted octanol–water partition coefficient (Wildman–Crippen LogP) is 3.44. The fourth-order valence-electron chi connectivity index (χ4n) is 3.20. The number of nitrogens with one attached hydrogen (secondary N) is 1. The highest BCUT2D eigenvalue weighted by Gasteiger charge is 2.21. The van der Waals surface area contributed by atoms with Crippen molar-refractivity contribution in [1.29, 1.82) is 0 Å². The Morgan fingerprint density at radius 3 is 2.46 bits per heavy atom. The zero-order chi connectivity index (χ0) is 18.5. The van der Waals surface area contributed by atoms with Crippen LogP contribution in [0.5, 0.6) is 0 Å². The van der Waals surface area contributed by atoms with E-state index in [0.717, 1.165) is 24.3 Å². The monoisotopic (exact) mass is 351 g/mol. The van der Waals surface area contributed by atoms with Crippen LogP contribution in [-0.4, -0.2) is 36.9 Å². The molecule has 1 saturated heterocycles. The minimum Gasteiger partial charge on any atom is -0.325 e. The Hall–Kier alpha value is -2.66. The molecule has 1 atom stereocenters. The molecule has 1 aliphatic rings. The first-order valence-electron chi connectivity index (χ1n) is 9.00. The summed E-state index contributed by atoms with van der Waals surface area (Å²) in [5.41, 5.74) is 2.81. The summed E-state index contributed by atoms with van der Waals surface area (Å²) in [4.78, 5) is 27.9. The van der Waals surface area contributed by atoms with E-state index in [4.69, 9.17) is 0 Å². The van der Waals surface area contributed by atoms with Crippen LogP contribution >= 0.6 is 0 Å². The van der Waals surface area contributed by atoms with Crippen LogP contribution in [0.1, 0.15) is 31.4 Å².